The number of hydrogen-bond donors (Lipinski definition) is 2. The molecule has 1 aromatic carbocycles. The van der Waals surface area contributed by atoms with Gasteiger partial charge in [-0.3, -0.25) is 20.3 Å². The van der Waals surface area contributed by atoms with E-state index in [-0.39, 0.29) is 22.9 Å². The maximum atomic E-state index is 12.2. The molecule has 1 amide bonds. The summed E-state index contributed by atoms with van der Waals surface area (Å²) in [5.74, 6) is -0.398. The molecule has 0 bridgehead atoms. The third-order valence-corrected chi connectivity index (χ3v) is 4.40. The fraction of sp³-hybridized carbons (Fsp3) is 0.462. The smallest absolute Gasteiger partial charge is 0.271 e. The molecule has 0 spiro atoms. The number of nitrogens with zero attached hydrogens (tertiary/aromatic N) is 1. The summed E-state index contributed by atoms with van der Waals surface area (Å²) in [6.45, 7) is 6.77. The number of rotatable bonds is 6. The van der Waals surface area contributed by atoms with Gasteiger partial charge in [-0.2, -0.15) is 0 Å². The summed E-state index contributed by atoms with van der Waals surface area (Å²) < 4.78 is 24.4. The van der Waals surface area contributed by atoms with Crippen molar-refractivity contribution in [2.45, 2.75) is 39.0 Å². The van der Waals surface area contributed by atoms with Crippen LogP contribution in [-0.4, -0.2) is 19.2 Å². The zero-order valence-electron chi connectivity index (χ0n) is 12.8. The van der Waals surface area contributed by atoms with Gasteiger partial charge in [-0.1, -0.05) is 13.8 Å². The van der Waals surface area contributed by atoms with Gasteiger partial charge in [0.1, 0.15) is 0 Å². The number of non-ortho nitro benzene ring substituents is 1. The maximum absolute atomic E-state index is 12.2. The summed E-state index contributed by atoms with van der Waals surface area (Å²) in [6, 6.07) is 2.27. The molecular weight excluding hydrogens is 310 g/mol. The summed E-state index contributed by atoms with van der Waals surface area (Å²) >= 11 is 0. The highest BCUT2D eigenvalue weighted by atomic mass is 32.2. The number of hydrazine groups is 1. The third-order valence-electron chi connectivity index (χ3n) is 3.02. The number of aryl methyl sites for hydroxylation is 1. The standard InChI is InChI=1S/C13H19N3O5S/c1-8(2)5-13(17)14-15-22(20,21)12-7-11(16(18)19)6-9(3)10(12)4/h6-8,15H,5H2,1-4H3,(H,14,17). The summed E-state index contributed by atoms with van der Waals surface area (Å²) in [6.07, 6.45) is 0.162. The minimum atomic E-state index is -4.09. The molecule has 0 aromatic heterocycles. The van der Waals surface area contributed by atoms with Crippen molar-refractivity contribution in [2.75, 3.05) is 0 Å². The Balaban J connectivity index is 3.07. The van der Waals surface area contributed by atoms with E-state index >= 15 is 0 Å². The number of nitro groups is 1. The highest BCUT2D eigenvalue weighted by molar-refractivity contribution is 7.89. The molecule has 0 atom stereocenters. The Labute approximate surface area is 129 Å². The van der Waals surface area contributed by atoms with Gasteiger partial charge in [0.25, 0.3) is 15.7 Å². The van der Waals surface area contributed by atoms with Crippen molar-refractivity contribution < 1.29 is 18.1 Å². The van der Waals surface area contributed by atoms with Crippen molar-refractivity contribution in [3.05, 3.63) is 33.4 Å². The van der Waals surface area contributed by atoms with Crippen LogP contribution >= 0.6 is 0 Å². The predicted octanol–water partition coefficient (Wildman–Crippen LogP) is 1.57. The molecule has 0 aliphatic rings. The van der Waals surface area contributed by atoms with Crippen molar-refractivity contribution in [3.8, 4) is 0 Å². The molecule has 1 rings (SSSR count). The van der Waals surface area contributed by atoms with Gasteiger partial charge in [0.05, 0.1) is 9.82 Å². The summed E-state index contributed by atoms with van der Waals surface area (Å²) in [5.41, 5.74) is 2.64. The van der Waals surface area contributed by atoms with Crippen LogP contribution in [0, 0.1) is 29.9 Å². The number of nitro benzene ring substituents is 1. The Bertz CT molecular complexity index is 698. The summed E-state index contributed by atoms with van der Waals surface area (Å²) in [7, 11) is -4.09. The predicted molar refractivity (Wildman–Crippen MR) is 80.5 cm³/mol. The Kier molecular flexibility index (Phi) is 5.61. The van der Waals surface area contributed by atoms with Gasteiger partial charge < -0.3 is 0 Å². The SMILES string of the molecule is Cc1cc([N+](=O)[O-])cc(S(=O)(=O)NNC(=O)CC(C)C)c1C. The van der Waals surface area contributed by atoms with E-state index in [4.69, 9.17) is 0 Å². The number of nitrogens with one attached hydrogen (secondary N) is 2. The molecule has 0 radical (unpaired) electrons. The number of benzene rings is 1. The van der Waals surface area contributed by atoms with Gasteiger partial charge >= 0.3 is 0 Å². The molecule has 0 aliphatic heterocycles. The van der Waals surface area contributed by atoms with E-state index in [1.165, 1.54) is 6.07 Å². The molecule has 0 aliphatic carbocycles. The molecule has 2 N–H and O–H groups in total. The van der Waals surface area contributed by atoms with Crippen LogP contribution in [-0.2, 0) is 14.8 Å². The molecule has 0 unspecified atom stereocenters. The third kappa shape index (κ3) is 4.50. The van der Waals surface area contributed by atoms with E-state index in [0.717, 1.165) is 6.07 Å². The number of amides is 1. The fourth-order valence-corrected chi connectivity index (χ4v) is 2.99. The summed E-state index contributed by atoms with van der Waals surface area (Å²) in [4.78, 5) is 23.4. The second-order valence-electron chi connectivity index (χ2n) is 5.39. The van der Waals surface area contributed by atoms with Crippen LogP contribution < -0.4 is 10.3 Å². The van der Waals surface area contributed by atoms with Crippen LogP contribution in [0.5, 0.6) is 0 Å². The molecule has 1 aromatic rings. The topological polar surface area (TPSA) is 118 Å². The number of hydrogen-bond acceptors (Lipinski definition) is 5. The zero-order chi connectivity index (χ0) is 17.1. The van der Waals surface area contributed by atoms with Gasteiger partial charge in [-0.05, 0) is 30.9 Å². The normalized spacial score (nSPS) is 11.5. The highest BCUT2D eigenvalue weighted by Crippen LogP contribution is 2.24. The Morgan fingerprint density at radius 3 is 2.41 bits per heavy atom. The van der Waals surface area contributed by atoms with Crippen molar-refractivity contribution >= 4 is 21.6 Å². The number of carbonyl (C=O) groups is 1. The first-order valence-electron chi connectivity index (χ1n) is 6.61. The highest BCUT2D eigenvalue weighted by Gasteiger charge is 2.23. The lowest BCUT2D eigenvalue weighted by Crippen LogP contribution is -2.42. The second kappa shape index (κ2) is 6.84. The average molecular weight is 329 g/mol. The largest absolute Gasteiger partial charge is 0.278 e. The van der Waals surface area contributed by atoms with Gasteiger partial charge in [-0.25, -0.2) is 8.42 Å². The van der Waals surface area contributed by atoms with Crippen LogP contribution in [0.1, 0.15) is 31.4 Å². The van der Waals surface area contributed by atoms with Gasteiger partial charge in [0.2, 0.25) is 5.91 Å². The molecule has 8 nitrogen and oxygen atoms in total. The van der Waals surface area contributed by atoms with Gasteiger partial charge in [-0.15, -0.1) is 4.83 Å². The molecule has 122 valence electrons. The first kappa shape index (κ1) is 18.1. The van der Waals surface area contributed by atoms with Crippen LogP contribution in [0.3, 0.4) is 0 Å². The first-order chi connectivity index (χ1) is 10.0. The van der Waals surface area contributed by atoms with Crippen LogP contribution in [0.25, 0.3) is 0 Å². The summed E-state index contributed by atoms with van der Waals surface area (Å²) in [5, 5.41) is 10.9. The van der Waals surface area contributed by atoms with E-state index in [1.807, 2.05) is 18.7 Å². The Morgan fingerprint density at radius 1 is 1.32 bits per heavy atom. The Hall–Kier alpha value is -2.00. The van der Waals surface area contributed by atoms with E-state index in [0.29, 0.717) is 11.1 Å². The van der Waals surface area contributed by atoms with Crippen molar-refractivity contribution in [1.29, 1.82) is 0 Å². The van der Waals surface area contributed by atoms with E-state index in [2.05, 4.69) is 5.43 Å². The van der Waals surface area contributed by atoms with Crippen molar-refractivity contribution in [2.24, 2.45) is 5.92 Å². The lowest BCUT2D eigenvalue weighted by Gasteiger charge is -2.12. The molecule has 0 saturated carbocycles. The van der Waals surface area contributed by atoms with Crippen LogP contribution in [0.2, 0.25) is 0 Å². The van der Waals surface area contributed by atoms with Crippen molar-refractivity contribution in [3.63, 3.8) is 0 Å². The first-order valence-corrected chi connectivity index (χ1v) is 8.09. The minimum absolute atomic E-state index is 0.0753. The minimum Gasteiger partial charge on any atom is -0.278 e. The molecule has 0 heterocycles. The van der Waals surface area contributed by atoms with E-state index in [9.17, 15) is 23.3 Å². The lowest BCUT2D eigenvalue weighted by atomic mass is 10.1. The molecular formula is C13H19N3O5S. The van der Waals surface area contributed by atoms with Crippen LogP contribution in [0.4, 0.5) is 5.69 Å². The van der Waals surface area contributed by atoms with Crippen LogP contribution in [0.15, 0.2) is 17.0 Å². The fourth-order valence-electron chi connectivity index (χ4n) is 1.79. The number of carbonyl (C=O) groups excluding carboxylic acids is 1. The lowest BCUT2D eigenvalue weighted by molar-refractivity contribution is -0.385. The molecule has 9 heteroatoms. The molecule has 22 heavy (non-hydrogen) atoms. The van der Waals surface area contributed by atoms with Gasteiger partial charge in [0, 0.05) is 18.6 Å². The quantitative estimate of drug-likeness (QED) is 0.606. The number of sulfonamides is 1. The van der Waals surface area contributed by atoms with E-state index in [1.54, 1.807) is 13.8 Å². The maximum Gasteiger partial charge on any atom is 0.271 e. The van der Waals surface area contributed by atoms with E-state index < -0.39 is 20.9 Å². The second-order valence-corrected chi connectivity index (χ2v) is 7.05. The molecule has 0 saturated heterocycles. The zero-order valence-corrected chi connectivity index (χ0v) is 13.7. The monoisotopic (exact) mass is 329 g/mol. The average Bonchev–Trinajstić information content (AvgIpc) is 2.38. The van der Waals surface area contributed by atoms with Crippen molar-refractivity contribution in [1.82, 2.24) is 10.3 Å². The molecule has 0 fully saturated rings. The van der Waals surface area contributed by atoms with Gasteiger partial charge in [0.15, 0.2) is 0 Å². The Morgan fingerprint density at radius 2 is 1.91 bits per heavy atom.